The zero-order valence-corrected chi connectivity index (χ0v) is 12.9. The molecule has 0 spiro atoms. The Morgan fingerprint density at radius 1 is 1.61 bits per heavy atom. The van der Waals surface area contributed by atoms with E-state index in [1.165, 1.54) is 4.68 Å². The molecule has 1 heterocycles. The number of aromatic nitrogens is 2. The molecular weight excluding hydrogens is 270 g/mol. The van der Waals surface area contributed by atoms with E-state index in [1.807, 2.05) is 23.7 Å². The van der Waals surface area contributed by atoms with Gasteiger partial charge in [0.2, 0.25) is 0 Å². The van der Waals surface area contributed by atoms with Crippen molar-refractivity contribution in [2.24, 2.45) is 7.05 Å². The molecule has 0 fully saturated rings. The summed E-state index contributed by atoms with van der Waals surface area (Å²) in [6.45, 7) is 4.28. The zero-order chi connectivity index (χ0) is 13.7. The van der Waals surface area contributed by atoms with Gasteiger partial charge >= 0.3 is 0 Å². The Balaban J connectivity index is 2.80. The predicted octanol–water partition coefficient (Wildman–Crippen LogP) is 2.40. The summed E-state index contributed by atoms with van der Waals surface area (Å²) in [6, 6.07) is 0.329. The van der Waals surface area contributed by atoms with Crippen molar-refractivity contribution in [2.75, 3.05) is 23.5 Å². The van der Waals surface area contributed by atoms with E-state index >= 15 is 0 Å². The lowest BCUT2D eigenvalue weighted by Crippen LogP contribution is -2.32. The van der Waals surface area contributed by atoms with Gasteiger partial charge in [0.05, 0.1) is 11.9 Å². The Bertz CT molecular complexity index is 449. The van der Waals surface area contributed by atoms with E-state index in [-0.39, 0.29) is 10.6 Å². The highest BCUT2D eigenvalue weighted by atomic mass is 35.5. The summed E-state index contributed by atoms with van der Waals surface area (Å²) in [5.74, 6) is 2.24. The molecule has 0 saturated carbocycles. The maximum absolute atomic E-state index is 11.7. The fourth-order valence-corrected chi connectivity index (χ4v) is 2.68. The monoisotopic (exact) mass is 289 g/mol. The van der Waals surface area contributed by atoms with Crippen molar-refractivity contribution in [1.29, 1.82) is 0 Å². The number of aryl methyl sites for hydroxylation is 1. The Labute approximate surface area is 117 Å². The van der Waals surface area contributed by atoms with Gasteiger partial charge in [0.1, 0.15) is 5.02 Å². The van der Waals surface area contributed by atoms with Crippen LogP contribution in [0.4, 0.5) is 5.69 Å². The first kappa shape index (κ1) is 15.4. The first-order valence-corrected chi connectivity index (χ1v) is 7.54. The second-order valence-electron chi connectivity index (χ2n) is 4.22. The molecule has 1 aromatic heterocycles. The molecule has 6 heteroatoms. The zero-order valence-electron chi connectivity index (χ0n) is 11.3. The number of hydrogen-bond donors (Lipinski definition) is 0. The summed E-state index contributed by atoms with van der Waals surface area (Å²) in [7, 11) is 3.54. The van der Waals surface area contributed by atoms with E-state index in [2.05, 4.69) is 18.9 Å². The molecule has 0 amide bonds. The minimum Gasteiger partial charge on any atom is -0.369 e. The van der Waals surface area contributed by atoms with Crippen LogP contribution < -0.4 is 10.5 Å². The van der Waals surface area contributed by atoms with E-state index < -0.39 is 0 Å². The number of hydrogen-bond acceptors (Lipinski definition) is 4. The average Bonchev–Trinajstić information content (AvgIpc) is 2.35. The van der Waals surface area contributed by atoms with Gasteiger partial charge in [-0.25, -0.2) is 4.68 Å². The van der Waals surface area contributed by atoms with Gasteiger partial charge in [0.25, 0.3) is 5.56 Å². The normalized spacial score (nSPS) is 12.5. The number of nitrogens with zero attached hydrogens (tertiary/aromatic N) is 3. The number of halogens is 1. The summed E-state index contributed by atoms with van der Waals surface area (Å²) >= 11 is 8.00. The summed E-state index contributed by atoms with van der Waals surface area (Å²) in [5, 5.41) is 4.25. The highest BCUT2D eigenvalue weighted by Crippen LogP contribution is 2.22. The number of thioether (sulfide) groups is 1. The molecule has 18 heavy (non-hydrogen) atoms. The highest BCUT2D eigenvalue weighted by molar-refractivity contribution is 7.99. The molecule has 0 aliphatic heterocycles. The number of anilines is 1. The van der Waals surface area contributed by atoms with Gasteiger partial charge in [-0.1, -0.05) is 18.5 Å². The van der Waals surface area contributed by atoms with E-state index in [0.717, 1.165) is 17.9 Å². The van der Waals surface area contributed by atoms with Crippen LogP contribution >= 0.6 is 23.4 Å². The summed E-state index contributed by atoms with van der Waals surface area (Å²) in [6.07, 6.45) is 2.70. The maximum Gasteiger partial charge on any atom is 0.287 e. The van der Waals surface area contributed by atoms with Crippen molar-refractivity contribution in [3.8, 4) is 0 Å². The number of rotatable bonds is 6. The fraction of sp³-hybridized carbons (Fsp3) is 0.667. The van der Waals surface area contributed by atoms with E-state index in [4.69, 9.17) is 11.6 Å². The maximum atomic E-state index is 11.7. The molecule has 0 bridgehead atoms. The highest BCUT2D eigenvalue weighted by Gasteiger charge is 2.16. The minimum absolute atomic E-state index is 0.241. The fourth-order valence-electron chi connectivity index (χ4n) is 1.58. The Kier molecular flexibility index (Phi) is 6.02. The lowest BCUT2D eigenvalue weighted by atomic mass is 10.2. The van der Waals surface area contributed by atoms with Gasteiger partial charge in [-0.05, 0) is 24.9 Å². The molecule has 102 valence electrons. The molecule has 0 N–H and O–H groups in total. The van der Waals surface area contributed by atoms with Crippen molar-refractivity contribution >= 4 is 29.1 Å². The van der Waals surface area contributed by atoms with Crippen LogP contribution in [0, 0.1) is 0 Å². The average molecular weight is 290 g/mol. The molecule has 0 unspecified atom stereocenters. The second kappa shape index (κ2) is 7.04. The van der Waals surface area contributed by atoms with Crippen LogP contribution in [0.3, 0.4) is 0 Å². The van der Waals surface area contributed by atoms with E-state index in [0.29, 0.717) is 11.7 Å². The van der Waals surface area contributed by atoms with Crippen LogP contribution in [0.25, 0.3) is 0 Å². The first-order valence-electron chi connectivity index (χ1n) is 6.01. The summed E-state index contributed by atoms with van der Waals surface area (Å²) in [5.41, 5.74) is 0.449. The van der Waals surface area contributed by atoms with Crippen molar-refractivity contribution in [3.63, 3.8) is 0 Å². The van der Waals surface area contributed by atoms with E-state index in [1.54, 1.807) is 13.2 Å². The molecule has 1 rings (SSSR count). The third-order valence-corrected chi connectivity index (χ3v) is 4.27. The largest absolute Gasteiger partial charge is 0.369 e. The van der Waals surface area contributed by atoms with Crippen LogP contribution in [0.2, 0.25) is 5.02 Å². The van der Waals surface area contributed by atoms with Crippen molar-refractivity contribution in [2.45, 2.75) is 26.3 Å². The molecule has 1 atom stereocenters. The van der Waals surface area contributed by atoms with Gasteiger partial charge in [-0.2, -0.15) is 16.9 Å². The van der Waals surface area contributed by atoms with Crippen molar-refractivity contribution in [3.05, 3.63) is 21.6 Å². The van der Waals surface area contributed by atoms with Gasteiger partial charge in [-0.15, -0.1) is 0 Å². The molecule has 0 aromatic carbocycles. The molecule has 0 aliphatic carbocycles. The third kappa shape index (κ3) is 3.65. The van der Waals surface area contributed by atoms with Crippen LogP contribution in [0.5, 0.6) is 0 Å². The summed E-state index contributed by atoms with van der Waals surface area (Å²) in [4.78, 5) is 13.7. The van der Waals surface area contributed by atoms with Gasteiger partial charge < -0.3 is 4.90 Å². The summed E-state index contributed by atoms with van der Waals surface area (Å²) < 4.78 is 1.25. The Morgan fingerprint density at radius 2 is 2.28 bits per heavy atom. The molecule has 0 saturated heterocycles. The SMILES string of the molecule is CCSCC[C@H](C)N(C)c1cnn(C)c(=O)c1Cl. The Hall–Kier alpha value is -0.680. The minimum atomic E-state index is -0.254. The topological polar surface area (TPSA) is 38.1 Å². The first-order chi connectivity index (χ1) is 8.49. The van der Waals surface area contributed by atoms with Crippen LogP contribution in [-0.4, -0.2) is 34.4 Å². The molecule has 0 radical (unpaired) electrons. The van der Waals surface area contributed by atoms with Crippen LogP contribution in [-0.2, 0) is 7.05 Å². The molecule has 4 nitrogen and oxygen atoms in total. The quantitative estimate of drug-likeness (QED) is 0.754. The standard InChI is InChI=1S/C12H20ClN3OS/c1-5-18-7-6-9(2)15(3)10-8-14-16(4)12(17)11(10)13/h8-9H,5-7H2,1-4H3/t9-/m0/s1. The van der Waals surface area contributed by atoms with Crippen molar-refractivity contribution in [1.82, 2.24) is 9.78 Å². The van der Waals surface area contributed by atoms with Gasteiger partial charge in [0, 0.05) is 20.1 Å². The molecular formula is C12H20ClN3OS. The van der Waals surface area contributed by atoms with Crippen molar-refractivity contribution < 1.29 is 0 Å². The predicted molar refractivity (Wildman–Crippen MR) is 80.0 cm³/mol. The lowest BCUT2D eigenvalue weighted by Gasteiger charge is -2.27. The third-order valence-electron chi connectivity index (χ3n) is 2.99. The van der Waals surface area contributed by atoms with Crippen LogP contribution in [0.1, 0.15) is 20.3 Å². The van der Waals surface area contributed by atoms with Gasteiger partial charge in [-0.3, -0.25) is 4.79 Å². The Morgan fingerprint density at radius 3 is 2.89 bits per heavy atom. The second-order valence-corrected chi connectivity index (χ2v) is 5.99. The van der Waals surface area contributed by atoms with E-state index in [9.17, 15) is 4.79 Å². The molecule has 0 aliphatic rings. The van der Waals surface area contributed by atoms with Crippen LogP contribution in [0.15, 0.2) is 11.0 Å². The van der Waals surface area contributed by atoms with Gasteiger partial charge in [0.15, 0.2) is 0 Å². The lowest BCUT2D eigenvalue weighted by molar-refractivity contribution is 0.655. The smallest absolute Gasteiger partial charge is 0.287 e. The molecule has 1 aromatic rings.